The SMILES string of the molecule is CC12CCC3C(CCC4=CC(=NOCCC(O)CN)CCC43C)C1CCC2=O. The highest BCUT2D eigenvalue weighted by Gasteiger charge is 2.58. The lowest BCUT2D eigenvalue weighted by Gasteiger charge is -2.57. The lowest BCUT2D eigenvalue weighted by atomic mass is 9.47. The second-order valence-electron chi connectivity index (χ2n) is 10.0. The molecule has 3 saturated carbocycles. The maximum Gasteiger partial charge on any atom is 0.139 e. The van der Waals surface area contributed by atoms with Gasteiger partial charge in [-0.2, -0.15) is 0 Å². The van der Waals surface area contributed by atoms with Crippen molar-refractivity contribution in [3.63, 3.8) is 0 Å². The van der Waals surface area contributed by atoms with Gasteiger partial charge in [-0.05, 0) is 74.2 Å². The van der Waals surface area contributed by atoms with Gasteiger partial charge in [0.15, 0.2) is 0 Å². The molecule has 156 valence electrons. The van der Waals surface area contributed by atoms with Crippen molar-refractivity contribution in [1.82, 2.24) is 0 Å². The van der Waals surface area contributed by atoms with Gasteiger partial charge in [-0.15, -0.1) is 0 Å². The fourth-order valence-corrected chi connectivity index (χ4v) is 6.85. The zero-order valence-corrected chi connectivity index (χ0v) is 17.5. The van der Waals surface area contributed by atoms with E-state index >= 15 is 0 Å². The summed E-state index contributed by atoms with van der Waals surface area (Å²) in [6, 6.07) is 0. The maximum atomic E-state index is 12.5. The van der Waals surface area contributed by atoms with E-state index in [2.05, 4.69) is 25.1 Å². The molecule has 0 bridgehead atoms. The predicted molar refractivity (Wildman–Crippen MR) is 110 cm³/mol. The van der Waals surface area contributed by atoms with E-state index < -0.39 is 6.10 Å². The number of carbonyl (C=O) groups is 1. The van der Waals surface area contributed by atoms with Crippen LogP contribution in [0, 0.1) is 28.6 Å². The summed E-state index contributed by atoms with van der Waals surface area (Å²) < 4.78 is 0. The molecule has 0 saturated heterocycles. The summed E-state index contributed by atoms with van der Waals surface area (Å²) in [5.41, 5.74) is 8.20. The number of aliphatic hydroxyl groups excluding tert-OH is 1. The summed E-state index contributed by atoms with van der Waals surface area (Å²) in [5.74, 6) is 2.54. The standard InChI is InChI=1S/C23H36N2O3/c1-22-10-7-16(25-28-12-9-17(26)14-24)13-15(22)3-4-18-19-5-6-21(27)23(19,2)11-8-20(18)22/h13,17-20,26H,3-12,14,24H2,1-2H3. The quantitative estimate of drug-likeness (QED) is 0.557. The van der Waals surface area contributed by atoms with E-state index in [-0.39, 0.29) is 17.4 Å². The first-order chi connectivity index (χ1) is 13.4. The van der Waals surface area contributed by atoms with Gasteiger partial charge in [-0.1, -0.05) is 24.6 Å². The van der Waals surface area contributed by atoms with Gasteiger partial charge in [-0.25, -0.2) is 0 Å². The van der Waals surface area contributed by atoms with Gasteiger partial charge in [0.2, 0.25) is 0 Å². The monoisotopic (exact) mass is 388 g/mol. The average molecular weight is 389 g/mol. The topological polar surface area (TPSA) is 84.9 Å². The van der Waals surface area contributed by atoms with E-state index in [1.165, 1.54) is 18.4 Å². The summed E-state index contributed by atoms with van der Waals surface area (Å²) in [7, 11) is 0. The van der Waals surface area contributed by atoms with Crippen LogP contribution in [-0.4, -0.2) is 35.9 Å². The molecule has 4 aliphatic rings. The minimum absolute atomic E-state index is 0.0397. The molecule has 0 spiro atoms. The molecule has 3 N–H and O–H groups in total. The molecule has 0 aromatic rings. The van der Waals surface area contributed by atoms with E-state index in [0.717, 1.165) is 44.2 Å². The van der Waals surface area contributed by atoms with Crippen molar-refractivity contribution < 1.29 is 14.7 Å². The molecule has 4 aliphatic carbocycles. The minimum atomic E-state index is -0.511. The van der Waals surface area contributed by atoms with Crippen molar-refractivity contribution in [3.8, 4) is 0 Å². The highest BCUT2D eigenvalue weighted by atomic mass is 16.6. The number of Topliss-reactive ketones (excluding diaryl/α,β-unsaturated/α-hetero) is 1. The molecule has 0 amide bonds. The van der Waals surface area contributed by atoms with Crippen LogP contribution in [0.15, 0.2) is 16.8 Å². The first-order valence-electron chi connectivity index (χ1n) is 11.2. The average Bonchev–Trinajstić information content (AvgIpc) is 3.00. The Kier molecular flexibility index (Phi) is 5.43. The molecule has 0 aromatic heterocycles. The molecular formula is C23H36N2O3. The van der Waals surface area contributed by atoms with Gasteiger partial charge in [-0.3, -0.25) is 4.79 Å². The lowest BCUT2D eigenvalue weighted by molar-refractivity contribution is -0.132. The van der Waals surface area contributed by atoms with Crippen LogP contribution in [0.3, 0.4) is 0 Å². The summed E-state index contributed by atoms with van der Waals surface area (Å²) in [5, 5.41) is 13.8. The Morgan fingerprint density at radius 1 is 1.18 bits per heavy atom. The largest absolute Gasteiger partial charge is 0.395 e. The highest BCUT2D eigenvalue weighted by molar-refractivity contribution is 5.96. The fraction of sp³-hybridized carbons (Fsp3) is 0.826. The van der Waals surface area contributed by atoms with Crippen LogP contribution >= 0.6 is 0 Å². The summed E-state index contributed by atoms with van der Waals surface area (Å²) >= 11 is 0. The van der Waals surface area contributed by atoms with Crippen LogP contribution in [0.25, 0.3) is 0 Å². The zero-order valence-electron chi connectivity index (χ0n) is 17.5. The Bertz CT molecular complexity index is 687. The second kappa shape index (κ2) is 7.56. The van der Waals surface area contributed by atoms with Crippen molar-refractivity contribution in [2.75, 3.05) is 13.2 Å². The summed E-state index contributed by atoms with van der Waals surface area (Å²) in [6.07, 6.45) is 10.9. The molecule has 28 heavy (non-hydrogen) atoms. The van der Waals surface area contributed by atoms with Crippen molar-refractivity contribution in [2.24, 2.45) is 39.5 Å². The molecule has 0 aromatic carbocycles. The van der Waals surface area contributed by atoms with Gasteiger partial charge in [0, 0.05) is 24.8 Å². The summed E-state index contributed by atoms with van der Waals surface area (Å²) in [6.45, 7) is 5.38. The molecule has 0 radical (unpaired) electrons. The predicted octanol–water partition coefficient (Wildman–Crippen LogP) is 3.60. The van der Waals surface area contributed by atoms with Crippen LogP contribution in [0.4, 0.5) is 0 Å². The number of hydrogen-bond acceptors (Lipinski definition) is 5. The Morgan fingerprint density at radius 3 is 2.75 bits per heavy atom. The Labute approximate surface area is 168 Å². The Hall–Kier alpha value is -1.20. The molecule has 0 heterocycles. The van der Waals surface area contributed by atoms with Crippen molar-refractivity contribution in [3.05, 3.63) is 11.6 Å². The number of rotatable bonds is 5. The van der Waals surface area contributed by atoms with E-state index in [1.54, 1.807) is 0 Å². The fourth-order valence-electron chi connectivity index (χ4n) is 6.85. The van der Waals surface area contributed by atoms with E-state index in [4.69, 9.17) is 10.6 Å². The van der Waals surface area contributed by atoms with Crippen molar-refractivity contribution in [1.29, 1.82) is 0 Å². The summed E-state index contributed by atoms with van der Waals surface area (Å²) in [4.78, 5) is 18.0. The van der Waals surface area contributed by atoms with Gasteiger partial charge in [0.25, 0.3) is 0 Å². The molecule has 5 nitrogen and oxygen atoms in total. The number of hydrogen-bond donors (Lipinski definition) is 2. The number of ketones is 1. The van der Waals surface area contributed by atoms with Gasteiger partial charge >= 0.3 is 0 Å². The number of carbonyl (C=O) groups excluding carboxylic acids is 1. The van der Waals surface area contributed by atoms with Crippen molar-refractivity contribution >= 4 is 11.5 Å². The highest BCUT2D eigenvalue weighted by Crippen LogP contribution is 2.64. The van der Waals surface area contributed by atoms with E-state index in [1.807, 2.05) is 0 Å². The van der Waals surface area contributed by atoms with Crippen LogP contribution in [0.5, 0.6) is 0 Å². The van der Waals surface area contributed by atoms with Crippen LogP contribution < -0.4 is 5.73 Å². The minimum Gasteiger partial charge on any atom is -0.395 e. The van der Waals surface area contributed by atoms with Crippen molar-refractivity contribution in [2.45, 2.75) is 77.7 Å². The van der Waals surface area contributed by atoms with E-state index in [0.29, 0.717) is 36.6 Å². The first kappa shape index (κ1) is 20.1. The number of fused-ring (bicyclic) bond motifs is 5. The normalized spacial score (nSPS) is 42.4. The number of nitrogens with zero attached hydrogens (tertiary/aromatic N) is 1. The Balaban J connectivity index is 1.46. The molecular weight excluding hydrogens is 352 g/mol. The molecule has 6 unspecified atom stereocenters. The third-order valence-electron chi connectivity index (χ3n) is 8.68. The molecule has 4 rings (SSSR count). The number of oxime groups is 1. The maximum absolute atomic E-state index is 12.5. The molecule has 6 atom stereocenters. The van der Waals surface area contributed by atoms with Gasteiger partial charge in [0.1, 0.15) is 12.4 Å². The molecule has 3 fully saturated rings. The molecule has 5 heteroatoms. The lowest BCUT2D eigenvalue weighted by Crippen LogP contribution is -2.50. The van der Waals surface area contributed by atoms with Crippen LogP contribution in [-0.2, 0) is 9.63 Å². The number of nitrogens with two attached hydrogens (primary N) is 1. The second-order valence-corrected chi connectivity index (χ2v) is 10.0. The number of allylic oxidation sites excluding steroid dienone is 2. The molecule has 0 aliphatic heterocycles. The zero-order chi connectivity index (χ0) is 19.9. The Morgan fingerprint density at radius 2 is 1.96 bits per heavy atom. The first-order valence-corrected chi connectivity index (χ1v) is 11.2. The van der Waals surface area contributed by atoms with Crippen LogP contribution in [0.2, 0.25) is 0 Å². The smallest absolute Gasteiger partial charge is 0.139 e. The van der Waals surface area contributed by atoms with E-state index in [9.17, 15) is 9.90 Å². The van der Waals surface area contributed by atoms with Crippen LogP contribution in [0.1, 0.15) is 71.6 Å². The van der Waals surface area contributed by atoms with Gasteiger partial charge < -0.3 is 15.7 Å². The van der Waals surface area contributed by atoms with Gasteiger partial charge in [0.05, 0.1) is 11.8 Å². The third-order valence-corrected chi connectivity index (χ3v) is 8.68. The number of aliphatic hydroxyl groups is 1. The third kappa shape index (κ3) is 3.24.